The van der Waals surface area contributed by atoms with Gasteiger partial charge in [0.25, 0.3) is 0 Å². The molecule has 4 heteroatoms. The van der Waals surface area contributed by atoms with Gasteiger partial charge in [-0.1, -0.05) is 0 Å². The van der Waals surface area contributed by atoms with E-state index in [-0.39, 0.29) is 6.42 Å². The van der Waals surface area contributed by atoms with Crippen molar-refractivity contribution in [2.75, 3.05) is 19.8 Å². The van der Waals surface area contributed by atoms with Crippen molar-refractivity contribution in [2.24, 2.45) is 11.7 Å². The molecule has 2 atom stereocenters. The van der Waals surface area contributed by atoms with Crippen LogP contribution in [0.1, 0.15) is 12.8 Å². The van der Waals surface area contributed by atoms with E-state index in [1.165, 1.54) is 0 Å². The van der Waals surface area contributed by atoms with Crippen molar-refractivity contribution in [3.05, 3.63) is 0 Å². The summed E-state index contributed by atoms with van der Waals surface area (Å²) in [6.07, 6.45) is 6.19. The Hall–Kier alpha value is -1.05. The van der Waals surface area contributed by atoms with Crippen LogP contribution in [0, 0.1) is 18.3 Å². The molecule has 4 nitrogen and oxygen atoms in total. The second kappa shape index (κ2) is 5.63. The highest BCUT2D eigenvalue weighted by molar-refractivity contribution is 5.75. The molecule has 14 heavy (non-hydrogen) atoms. The van der Waals surface area contributed by atoms with Gasteiger partial charge in [0, 0.05) is 18.9 Å². The molecule has 1 rings (SSSR count). The van der Waals surface area contributed by atoms with Gasteiger partial charge < -0.3 is 15.2 Å². The van der Waals surface area contributed by atoms with Crippen LogP contribution in [0.3, 0.4) is 0 Å². The van der Waals surface area contributed by atoms with Crippen molar-refractivity contribution >= 4 is 5.97 Å². The van der Waals surface area contributed by atoms with E-state index in [1.807, 2.05) is 0 Å². The summed E-state index contributed by atoms with van der Waals surface area (Å²) in [4.78, 5) is 11.2. The Labute approximate surface area is 83.7 Å². The van der Waals surface area contributed by atoms with Crippen LogP contribution in [-0.4, -0.2) is 31.8 Å². The second-order valence-electron chi connectivity index (χ2n) is 3.37. The lowest BCUT2D eigenvalue weighted by Crippen LogP contribution is -2.33. The van der Waals surface area contributed by atoms with Crippen LogP contribution in [0.15, 0.2) is 0 Å². The summed E-state index contributed by atoms with van der Waals surface area (Å²) in [5, 5.41) is 0. The van der Waals surface area contributed by atoms with E-state index >= 15 is 0 Å². The molecule has 1 saturated heterocycles. The van der Waals surface area contributed by atoms with Crippen molar-refractivity contribution in [2.45, 2.75) is 18.9 Å². The average molecular weight is 197 g/mol. The van der Waals surface area contributed by atoms with Gasteiger partial charge in [-0.3, -0.25) is 4.79 Å². The third kappa shape index (κ3) is 3.36. The molecule has 0 aromatic rings. The van der Waals surface area contributed by atoms with Gasteiger partial charge in [0.05, 0.1) is 13.2 Å². The number of hydrogen-bond acceptors (Lipinski definition) is 4. The Bertz CT molecular complexity index is 228. The van der Waals surface area contributed by atoms with Gasteiger partial charge in [0.1, 0.15) is 6.04 Å². The average Bonchev–Trinajstić information content (AvgIpc) is 2.67. The van der Waals surface area contributed by atoms with E-state index in [2.05, 4.69) is 5.92 Å². The summed E-state index contributed by atoms with van der Waals surface area (Å²) in [5.74, 6) is 2.22. The van der Waals surface area contributed by atoms with Crippen molar-refractivity contribution < 1.29 is 14.3 Å². The summed E-state index contributed by atoms with van der Waals surface area (Å²) >= 11 is 0. The van der Waals surface area contributed by atoms with E-state index in [0.717, 1.165) is 13.0 Å². The minimum Gasteiger partial charge on any atom is -0.464 e. The van der Waals surface area contributed by atoms with Gasteiger partial charge in [-0.2, -0.15) is 0 Å². The number of terminal acetylenes is 1. The summed E-state index contributed by atoms with van der Waals surface area (Å²) in [6, 6.07) is -0.692. The summed E-state index contributed by atoms with van der Waals surface area (Å²) < 4.78 is 10.1. The van der Waals surface area contributed by atoms with Crippen LogP contribution in [0.25, 0.3) is 0 Å². The molecule has 1 heterocycles. The quantitative estimate of drug-likeness (QED) is 0.505. The van der Waals surface area contributed by atoms with Gasteiger partial charge in [-0.05, 0) is 6.42 Å². The maximum Gasteiger partial charge on any atom is 0.323 e. The molecule has 0 aromatic heterocycles. The van der Waals surface area contributed by atoms with Crippen molar-refractivity contribution in [1.29, 1.82) is 0 Å². The summed E-state index contributed by atoms with van der Waals surface area (Å²) in [6.45, 7) is 1.80. The van der Waals surface area contributed by atoms with Crippen molar-refractivity contribution in [3.8, 4) is 12.3 Å². The van der Waals surface area contributed by atoms with Crippen molar-refractivity contribution in [3.63, 3.8) is 0 Å². The minimum absolute atomic E-state index is 0.222. The highest BCUT2D eigenvalue weighted by atomic mass is 16.5. The predicted octanol–water partition coefficient (Wildman–Crippen LogP) is -0.0833. The summed E-state index contributed by atoms with van der Waals surface area (Å²) in [7, 11) is 0. The number of carbonyl (C=O) groups is 1. The maximum atomic E-state index is 11.2. The molecular weight excluding hydrogens is 182 g/mol. The fourth-order valence-electron chi connectivity index (χ4n) is 1.23. The topological polar surface area (TPSA) is 61.6 Å². The van der Waals surface area contributed by atoms with Gasteiger partial charge in [-0.15, -0.1) is 12.3 Å². The lowest BCUT2D eigenvalue weighted by atomic mass is 10.1. The van der Waals surface area contributed by atoms with E-state index in [4.69, 9.17) is 21.6 Å². The molecule has 1 aliphatic rings. The third-order valence-corrected chi connectivity index (χ3v) is 2.13. The number of esters is 1. The summed E-state index contributed by atoms with van der Waals surface area (Å²) in [5.41, 5.74) is 5.46. The molecule has 0 aromatic carbocycles. The zero-order chi connectivity index (χ0) is 10.4. The fraction of sp³-hybridized carbons (Fsp3) is 0.700. The van der Waals surface area contributed by atoms with Crippen molar-refractivity contribution in [1.82, 2.24) is 0 Å². The molecule has 2 unspecified atom stereocenters. The van der Waals surface area contributed by atoms with Gasteiger partial charge in [0.15, 0.2) is 0 Å². The van der Waals surface area contributed by atoms with Crippen LogP contribution >= 0.6 is 0 Å². The minimum atomic E-state index is -0.692. The lowest BCUT2D eigenvalue weighted by molar-refractivity contribution is -0.146. The first-order valence-corrected chi connectivity index (χ1v) is 4.67. The molecular formula is C10H15NO3. The number of rotatable bonds is 4. The van der Waals surface area contributed by atoms with Gasteiger partial charge >= 0.3 is 5.97 Å². The molecule has 0 radical (unpaired) electrons. The molecule has 1 aliphatic heterocycles. The number of hydrogen-bond donors (Lipinski definition) is 1. The highest BCUT2D eigenvalue weighted by Crippen LogP contribution is 2.12. The largest absolute Gasteiger partial charge is 0.464 e. The van der Waals surface area contributed by atoms with E-state index in [9.17, 15) is 4.79 Å². The molecule has 0 spiro atoms. The molecule has 0 amide bonds. The fourth-order valence-corrected chi connectivity index (χ4v) is 1.23. The van der Waals surface area contributed by atoms with Gasteiger partial charge in [-0.25, -0.2) is 0 Å². The molecule has 0 saturated carbocycles. The van der Waals surface area contributed by atoms with E-state index < -0.39 is 12.0 Å². The van der Waals surface area contributed by atoms with Crippen LogP contribution in [0.2, 0.25) is 0 Å². The maximum absolute atomic E-state index is 11.2. The van der Waals surface area contributed by atoms with Gasteiger partial charge in [0.2, 0.25) is 0 Å². The first kappa shape index (κ1) is 11.0. The Morgan fingerprint density at radius 2 is 2.57 bits per heavy atom. The Kier molecular flexibility index (Phi) is 4.44. The predicted molar refractivity (Wildman–Crippen MR) is 51.3 cm³/mol. The zero-order valence-corrected chi connectivity index (χ0v) is 8.07. The SMILES string of the molecule is C#CCC(N)C(=O)OCC1CCOC1. The zero-order valence-electron chi connectivity index (χ0n) is 8.07. The Morgan fingerprint density at radius 1 is 1.79 bits per heavy atom. The molecule has 78 valence electrons. The number of nitrogens with two attached hydrogens (primary N) is 1. The first-order chi connectivity index (χ1) is 6.74. The lowest BCUT2D eigenvalue weighted by Gasteiger charge is -2.11. The first-order valence-electron chi connectivity index (χ1n) is 4.67. The standard InChI is InChI=1S/C10H15NO3/c1-2-3-9(11)10(12)14-7-8-4-5-13-6-8/h1,8-9H,3-7,11H2. The highest BCUT2D eigenvalue weighted by Gasteiger charge is 2.19. The van der Waals surface area contributed by atoms with Crippen LogP contribution < -0.4 is 5.73 Å². The monoisotopic (exact) mass is 197 g/mol. The second-order valence-corrected chi connectivity index (χ2v) is 3.37. The van der Waals surface area contributed by atoms with Crippen LogP contribution in [0.5, 0.6) is 0 Å². The smallest absolute Gasteiger partial charge is 0.323 e. The van der Waals surface area contributed by atoms with Crippen LogP contribution in [0.4, 0.5) is 0 Å². The Morgan fingerprint density at radius 3 is 3.14 bits per heavy atom. The molecule has 0 bridgehead atoms. The van der Waals surface area contributed by atoms with Crippen LogP contribution in [-0.2, 0) is 14.3 Å². The van der Waals surface area contributed by atoms with E-state index in [0.29, 0.717) is 19.1 Å². The molecule has 1 fully saturated rings. The van der Waals surface area contributed by atoms with E-state index in [1.54, 1.807) is 0 Å². The number of carbonyl (C=O) groups excluding carboxylic acids is 1. The Balaban J connectivity index is 2.17. The normalized spacial score (nSPS) is 22.7. The molecule has 0 aliphatic carbocycles. The molecule has 2 N–H and O–H groups in total. The number of ether oxygens (including phenoxy) is 2. The third-order valence-electron chi connectivity index (χ3n) is 2.13.